The Labute approximate surface area is 98.5 Å². The van der Waals surface area contributed by atoms with Gasteiger partial charge in [-0.3, -0.25) is 4.79 Å². The van der Waals surface area contributed by atoms with Gasteiger partial charge in [0.2, 0.25) is 5.78 Å². The summed E-state index contributed by atoms with van der Waals surface area (Å²) in [5.41, 5.74) is -0.0708. The summed E-state index contributed by atoms with van der Waals surface area (Å²) in [7, 11) is 0.822. The molecule has 0 spiro atoms. The van der Waals surface area contributed by atoms with Crippen LogP contribution in [0.25, 0.3) is 0 Å². The highest BCUT2D eigenvalue weighted by Crippen LogP contribution is 2.40. The lowest BCUT2D eigenvalue weighted by atomic mass is 10.1. The van der Waals surface area contributed by atoms with Crippen LogP contribution in [0.3, 0.4) is 0 Å². The minimum atomic E-state index is -4.82. The van der Waals surface area contributed by atoms with Gasteiger partial charge in [0.1, 0.15) is 0 Å². The van der Waals surface area contributed by atoms with Crippen LogP contribution in [-0.2, 0) is 4.74 Å². The average molecular weight is 297 g/mol. The van der Waals surface area contributed by atoms with Crippen LogP contribution < -0.4 is 0 Å². The van der Waals surface area contributed by atoms with E-state index in [-0.39, 0.29) is 5.56 Å². The summed E-state index contributed by atoms with van der Waals surface area (Å²) in [6.45, 7) is 0. The third kappa shape index (κ3) is 2.27. The highest BCUT2D eigenvalue weighted by molar-refractivity contribution is 9.10. The van der Waals surface area contributed by atoms with Gasteiger partial charge in [0.15, 0.2) is 0 Å². The predicted molar refractivity (Wildman–Crippen MR) is 55.5 cm³/mol. The molecule has 88 valence electrons. The molecule has 0 saturated carbocycles. The first-order valence-electron chi connectivity index (χ1n) is 4.23. The van der Waals surface area contributed by atoms with E-state index in [1.807, 2.05) is 0 Å². The Kier molecular flexibility index (Phi) is 3.75. The molecule has 16 heavy (non-hydrogen) atoms. The molecule has 0 N–H and O–H groups in total. The van der Waals surface area contributed by atoms with Crippen LogP contribution >= 0.6 is 15.9 Å². The minimum Gasteiger partial charge on any atom is -0.352 e. The molecule has 1 aromatic rings. The number of hydrogen-bond donors (Lipinski definition) is 0. The number of ether oxygens (including phenoxy) is 1. The molecule has 0 aliphatic heterocycles. The first-order valence-corrected chi connectivity index (χ1v) is 5.03. The van der Waals surface area contributed by atoms with Crippen LogP contribution in [0.15, 0.2) is 30.3 Å². The molecule has 0 amide bonds. The molecule has 0 fully saturated rings. The van der Waals surface area contributed by atoms with Crippen molar-refractivity contribution in [1.82, 2.24) is 0 Å². The van der Waals surface area contributed by atoms with Crippen molar-refractivity contribution in [3.05, 3.63) is 35.9 Å². The lowest BCUT2D eigenvalue weighted by molar-refractivity contribution is -0.206. The topological polar surface area (TPSA) is 26.3 Å². The molecule has 0 saturated heterocycles. The van der Waals surface area contributed by atoms with Crippen LogP contribution in [0.5, 0.6) is 0 Å². The lowest BCUT2D eigenvalue weighted by Gasteiger charge is -2.26. The van der Waals surface area contributed by atoms with Crippen molar-refractivity contribution in [3.63, 3.8) is 0 Å². The molecule has 0 bridgehead atoms. The van der Waals surface area contributed by atoms with Crippen molar-refractivity contribution >= 4 is 21.7 Å². The van der Waals surface area contributed by atoms with Crippen molar-refractivity contribution in [2.24, 2.45) is 0 Å². The molecule has 1 rings (SSSR count). The second-order valence-corrected chi connectivity index (χ2v) is 4.11. The molecule has 6 heteroatoms. The number of hydrogen-bond acceptors (Lipinski definition) is 2. The van der Waals surface area contributed by atoms with Gasteiger partial charge >= 0.3 is 6.18 Å². The van der Waals surface area contributed by atoms with Gasteiger partial charge in [-0.15, -0.1) is 0 Å². The molecule has 1 unspecified atom stereocenters. The summed E-state index contributed by atoms with van der Waals surface area (Å²) in [6.07, 6.45) is -4.82. The van der Waals surface area contributed by atoms with Crippen LogP contribution in [0, 0.1) is 0 Å². The lowest BCUT2D eigenvalue weighted by Crippen LogP contribution is -2.48. The number of halogens is 4. The minimum absolute atomic E-state index is 0.0708. The van der Waals surface area contributed by atoms with Gasteiger partial charge in [0.25, 0.3) is 4.51 Å². The fourth-order valence-corrected chi connectivity index (χ4v) is 1.34. The Hall–Kier alpha value is -0.880. The number of ketones is 1. The Morgan fingerprint density at radius 3 is 2.12 bits per heavy atom. The van der Waals surface area contributed by atoms with E-state index in [1.165, 1.54) is 24.3 Å². The second-order valence-electron chi connectivity index (χ2n) is 2.99. The molecule has 1 aromatic carbocycles. The molecule has 0 heterocycles. The van der Waals surface area contributed by atoms with Gasteiger partial charge in [-0.25, -0.2) is 0 Å². The van der Waals surface area contributed by atoms with E-state index in [0.29, 0.717) is 0 Å². The molecule has 0 aromatic heterocycles. The standard InChI is InChI=1S/C10H8BrF3O2/c1-16-9(11,10(12,13)14)8(15)7-5-3-2-4-6-7/h2-6H,1H3. The summed E-state index contributed by atoms with van der Waals surface area (Å²) in [4.78, 5) is 11.7. The smallest absolute Gasteiger partial charge is 0.352 e. The van der Waals surface area contributed by atoms with E-state index in [9.17, 15) is 18.0 Å². The van der Waals surface area contributed by atoms with E-state index in [1.54, 1.807) is 6.07 Å². The zero-order chi connectivity index (χ0) is 12.4. The van der Waals surface area contributed by atoms with Crippen LogP contribution in [0.1, 0.15) is 10.4 Å². The molecule has 0 aliphatic carbocycles. The maximum atomic E-state index is 12.6. The SMILES string of the molecule is COC(Br)(C(=O)c1ccccc1)C(F)(F)F. The zero-order valence-electron chi connectivity index (χ0n) is 8.22. The Balaban J connectivity index is 3.13. The van der Waals surface area contributed by atoms with Gasteiger partial charge < -0.3 is 4.74 Å². The van der Waals surface area contributed by atoms with Crippen molar-refractivity contribution in [1.29, 1.82) is 0 Å². The zero-order valence-corrected chi connectivity index (χ0v) is 9.80. The quantitative estimate of drug-likeness (QED) is 0.633. The summed E-state index contributed by atoms with van der Waals surface area (Å²) in [5, 5.41) is 0. The van der Waals surface area contributed by atoms with Gasteiger partial charge in [0, 0.05) is 12.7 Å². The highest BCUT2D eigenvalue weighted by atomic mass is 79.9. The Bertz CT molecular complexity index is 377. The number of Topliss-reactive ketones (excluding diaryl/α,β-unsaturated/α-hetero) is 1. The maximum Gasteiger partial charge on any atom is 0.435 e. The molecule has 0 radical (unpaired) electrons. The molecular weight excluding hydrogens is 289 g/mol. The number of alkyl halides is 4. The summed E-state index contributed by atoms with van der Waals surface area (Å²) in [6, 6.07) is 7.15. The van der Waals surface area contributed by atoms with E-state index in [4.69, 9.17) is 0 Å². The molecule has 0 aliphatic rings. The highest BCUT2D eigenvalue weighted by Gasteiger charge is 2.59. The number of benzene rings is 1. The van der Waals surface area contributed by atoms with Crippen LogP contribution in [-0.4, -0.2) is 23.6 Å². The number of methoxy groups -OCH3 is 1. The van der Waals surface area contributed by atoms with Gasteiger partial charge in [0.05, 0.1) is 0 Å². The van der Waals surface area contributed by atoms with Crippen molar-refractivity contribution in [3.8, 4) is 0 Å². The van der Waals surface area contributed by atoms with Gasteiger partial charge in [-0.2, -0.15) is 13.2 Å². The Morgan fingerprint density at radius 1 is 1.25 bits per heavy atom. The monoisotopic (exact) mass is 296 g/mol. The largest absolute Gasteiger partial charge is 0.435 e. The van der Waals surface area contributed by atoms with E-state index in [2.05, 4.69) is 20.7 Å². The Morgan fingerprint density at radius 2 is 1.75 bits per heavy atom. The number of rotatable bonds is 3. The van der Waals surface area contributed by atoms with E-state index < -0.39 is 16.5 Å². The van der Waals surface area contributed by atoms with E-state index in [0.717, 1.165) is 7.11 Å². The summed E-state index contributed by atoms with van der Waals surface area (Å²) >= 11 is 2.31. The fourth-order valence-electron chi connectivity index (χ4n) is 1.11. The average Bonchev–Trinajstić information content (AvgIpc) is 2.26. The number of carbonyl (C=O) groups is 1. The van der Waals surface area contributed by atoms with Crippen molar-refractivity contribution < 1.29 is 22.7 Å². The second kappa shape index (κ2) is 4.55. The van der Waals surface area contributed by atoms with Gasteiger partial charge in [-0.05, 0) is 15.9 Å². The molecular formula is C10H8BrF3O2. The molecule has 2 nitrogen and oxygen atoms in total. The van der Waals surface area contributed by atoms with E-state index >= 15 is 0 Å². The first kappa shape index (κ1) is 13.2. The maximum absolute atomic E-state index is 12.6. The van der Waals surface area contributed by atoms with Crippen molar-refractivity contribution in [2.45, 2.75) is 10.7 Å². The third-order valence-electron chi connectivity index (χ3n) is 1.97. The molecule has 1 atom stereocenters. The third-order valence-corrected chi connectivity index (χ3v) is 3.11. The normalized spacial score (nSPS) is 15.6. The summed E-state index contributed by atoms with van der Waals surface area (Å²) in [5.74, 6) is -1.18. The van der Waals surface area contributed by atoms with Crippen LogP contribution in [0.4, 0.5) is 13.2 Å². The fraction of sp³-hybridized carbons (Fsp3) is 0.300. The van der Waals surface area contributed by atoms with Gasteiger partial charge in [-0.1, -0.05) is 30.3 Å². The number of carbonyl (C=O) groups excluding carboxylic acids is 1. The first-order chi connectivity index (χ1) is 7.33. The summed E-state index contributed by atoms with van der Waals surface area (Å²) < 4.78 is 39.2. The van der Waals surface area contributed by atoms with Crippen LogP contribution in [0.2, 0.25) is 0 Å². The van der Waals surface area contributed by atoms with Crippen molar-refractivity contribution in [2.75, 3.05) is 7.11 Å². The predicted octanol–water partition coefficient (Wildman–Crippen LogP) is 3.17.